The van der Waals surface area contributed by atoms with Crippen LogP contribution in [0.3, 0.4) is 0 Å². The Morgan fingerprint density at radius 2 is 2.09 bits per heavy atom. The minimum absolute atomic E-state index is 0.0792. The number of halogens is 2. The lowest BCUT2D eigenvalue weighted by molar-refractivity contribution is -0.385. The van der Waals surface area contributed by atoms with Crippen molar-refractivity contribution in [2.75, 3.05) is 13.2 Å². The summed E-state index contributed by atoms with van der Waals surface area (Å²) in [4.78, 5) is 40.4. The minimum atomic E-state index is -0.685. The van der Waals surface area contributed by atoms with Gasteiger partial charge in [0, 0.05) is 22.0 Å². The largest absolute Gasteiger partial charge is 0.474 e. The highest BCUT2D eigenvalue weighted by atomic mass is 79.9. The summed E-state index contributed by atoms with van der Waals surface area (Å²) < 4.78 is 11.9. The van der Waals surface area contributed by atoms with Crippen LogP contribution >= 0.6 is 27.5 Å². The summed E-state index contributed by atoms with van der Waals surface area (Å²) in [5.41, 5.74) is -0.0422. The molecular formula is C23H22BrClN4O6. The number of nitro benzene ring substituents is 1. The molecule has 1 aromatic heterocycles. The quantitative estimate of drug-likeness (QED) is 0.154. The second-order valence-corrected chi connectivity index (χ2v) is 8.83. The van der Waals surface area contributed by atoms with Crippen LogP contribution in [0.2, 0.25) is 5.02 Å². The first-order valence-electron chi connectivity index (χ1n) is 10.7. The molecule has 0 bridgehead atoms. The third-order valence-corrected chi connectivity index (χ3v) is 5.87. The van der Waals surface area contributed by atoms with Gasteiger partial charge >= 0.3 is 11.7 Å². The van der Waals surface area contributed by atoms with E-state index in [1.165, 1.54) is 23.0 Å². The highest BCUT2D eigenvalue weighted by Gasteiger charge is 2.22. The second-order valence-electron chi connectivity index (χ2n) is 7.50. The highest BCUT2D eigenvalue weighted by molar-refractivity contribution is 9.10. The predicted molar refractivity (Wildman–Crippen MR) is 136 cm³/mol. The van der Waals surface area contributed by atoms with Crippen LogP contribution < -0.4 is 10.3 Å². The normalized spacial score (nSPS) is 12.1. The van der Waals surface area contributed by atoms with Crippen LogP contribution in [0.25, 0.3) is 10.9 Å². The predicted octanol–water partition coefficient (Wildman–Crippen LogP) is 5.06. The van der Waals surface area contributed by atoms with Gasteiger partial charge in [-0.25, -0.2) is 9.78 Å². The van der Waals surface area contributed by atoms with E-state index in [9.17, 15) is 19.7 Å². The first-order chi connectivity index (χ1) is 16.7. The molecule has 0 spiro atoms. The number of carbonyl (C=O) groups is 1. The number of esters is 1. The van der Waals surface area contributed by atoms with Gasteiger partial charge in [-0.1, -0.05) is 41.4 Å². The van der Waals surface area contributed by atoms with Gasteiger partial charge in [-0.05, 0) is 37.6 Å². The number of nitrogens with zero attached hydrogens (tertiary/aromatic N) is 4. The summed E-state index contributed by atoms with van der Waals surface area (Å²) in [5, 5.41) is 16.2. The van der Waals surface area contributed by atoms with E-state index >= 15 is 0 Å². The van der Waals surface area contributed by atoms with Crippen LogP contribution in [-0.2, 0) is 9.53 Å². The third-order valence-electron chi connectivity index (χ3n) is 5.09. The molecule has 0 fully saturated rings. The van der Waals surface area contributed by atoms with Crippen molar-refractivity contribution in [1.82, 2.24) is 9.66 Å². The molecule has 3 aromatic rings. The van der Waals surface area contributed by atoms with Gasteiger partial charge in [-0.15, -0.1) is 0 Å². The average molecular weight is 566 g/mol. The maximum Gasteiger partial charge on any atom is 0.344 e. The van der Waals surface area contributed by atoms with E-state index in [1.807, 2.05) is 13.8 Å². The Labute approximate surface area is 213 Å². The molecule has 1 atom stereocenters. The van der Waals surface area contributed by atoms with Gasteiger partial charge in [0.15, 0.2) is 6.61 Å². The molecule has 10 nitrogen and oxygen atoms in total. The second kappa shape index (κ2) is 11.4. The van der Waals surface area contributed by atoms with Crippen molar-refractivity contribution in [2.24, 2.45) is 5.10 Å². The molecule has 0 saturated heterocycles. The maximum absolute atomic E-state index is 13.2. The van der Waals surface area contributed by atoms with E-state index in [1.54, 1.807) is 25.1 Å². The topological polar surface area (TPSA) is 126 Å². The monoisotopic (exact) mass is 564 g/mol. The van der Waals surface area contributed by atoms with E-state index in [4.69, 9.17) is 21.1 Å². The van der Waals surface area contributed by atoms with Gasteiger partial charge in [0.05, 0.1) is 33.7 Å². The Morgan fingerprint density at radius 3 is 2.74 bits per heavy atom. The molecule has 12 heteroatoms. The fraction of sp³-hybridized carbons (Fsp3) is 0.304. The molecule has 0 amide bonds. The molecule has 0 aliphatic rings. The Hall–Kier alpha value is -3.31. The minimum Gasteiger partial charge on any atom is -0.474 e. The van der Waals surface area contributed by atoms with Gasteiger partial charge in [-0.3, -0.25) is 14.9 Å². The zero-order valence-electron chi connectivity index (χ0n) is 19.2. The lowest BCUT2D eigenvalue weighted by Gasteiger charge is -2.14. The van der Waals surface area contributed by atoms with Crippen molar-refractivity contribution in [1.29, 1.82) is 0 Å². The van der Waals surface area contributed by atoms with Crippen LogP contribution in [0.4, 0.5) is 5.69 Å². The van der Waals surface area contributed by atoms with Crippen molar-refractivity contribution in [3.63, 3.8) is 0 Å². The molecule has 184 valence electrons. The molecule has 3 rings (SSSR count). The summed E-state index contributed by atoms with van der Waals surface area (Å²) >= 11 is 9.58. The number of hydrogen-bond donors (Lipinski definition) is 0. The Kier molecular flexibility index (Phi) is 8.57. The molecule has 0 radical (unpaired) electrons. The van der Waals surface area contributed by atoms with Gasteiger partial charge in [0.2, 0.25) is 5.75 Å². The molecule has 35 heavy (non-hydrogen) atoms. The van der Waals surface area contributed by atoms with E-state index in [0.29, 0.717) is 23.1 Å². The SMILES string of the molecule is CCOC(=O)COc1c(Cl)cc(C=Nn2c([C@H](C)CC)nc3ccc(Br)cc3c2=O)cc1[N+](=O)[O-]. The van der Waals surface area contributed by atoms with Gasteiger partial charge in [0.1, 0.15) is 5.82 Å². The number of nitro groups is 1. The molecule has 0 aliphatic carbocycles. The molecule has 2 aromatic carbocycles. The number of ether oxygens (including phenoxy) is 2. The highest BCUT2D eigenvalue weighted by Crippen LogP contribution is 2.36. The van der Waals surface area contributed by atoms with E-state index in [2.05, 4.69) is 26.0 Å². The smallest absolute Gasteiger partial charge is 0.344 e. The third kappa shape index (κ3) is 6.04. The van der Waals surface area contributed by atoms with Crippen molar-refractivity contribution in [3.05, 3.63) is 71.7 Å². The number of rotatable bonds is 9. The molecule has 0 unspecified atom stereocenters. The van der Waals surface area contributed by atoms with Crippen LogP contribution in [0.15, 0.2) is 44.7 Å². The van der Waals surface area contributed by atoms with Gasteiger partial charge in [-0.2, -0.15) is 9.78 Å². The van der Waals surface area contributed by atoms with E-state index in [0.717, 1.165) is 4.47 Å². The maximum atomic E-state index is 13.2. The summed E-state index contributed by atoms with van der Waals surface area (Å²) in [6, 6.07) is 7.79. The number of hydrogen-bond acceptors (Lipinski definition) is 8. The first kappa shape index (κ1) is 26.3. The Bertz CT molecular complexity index is 1370. The fourth-order valence-corrected chi connectivity index (χ4v) is 3.83. The summed E-state index contributed by atoms with van der Waals surface area (Å²) in [6.07, 6.45) is 2.00. The fourth-order valence-electron chi connectivity index (χ4n) is 3.19. The molecule has 1 heterocycles. The van der Waals surface area contributed by atoms with Crippen LogP contribution in [0.1, 0.15) is 44.5 Å². The van der Waals surface area contributed by atoms with E-state index < -0.39 is 23.2 Å². The molecule has 0 aliphatic heterocycles. The Balaban J connectivity index is 2.06. The Morgan fingerprint density at radius 1 is 1.34 bits per heavy atom. The number of aromatic nitrogens is 2. The van der Waals surface area contributed by atoms with Crippen LogP contribution in [-0.4, -0.2) is 40.0 Å². The summed E-state index contributed by atoms with van der Waals surface area (Å²) in [5.74, 6) is -0.574. The van der Waals surface area contributed by atoms with Gasteiger partial charge in [0.25, 0.3) is 5.56 Å². The lowest BCUT2D eigenvalue weighted by Crippen LogP contribution is -2.23. The van der Waals surface area contributed by atoms with Crippen molar-refractivity contribution in [3.8, 4) is 5.75 Å². The number of carbonyl (C=O) groups excluding carboxylic acids is 1. The first-order valence-corrected chi connectivity index (χ1v) is 11.9. The molecule has 0 N–H and O–H groups in total. The van der Waals surface area contributed by atoms with Gasteiger partial charge < -0.3 is 9.47 Å². The molecule has 0 saturated carbocycles. The average Bonchev–Trinajstić information content (AvgIpc) is 2.82. The number of fused-ring (bicyclic) bond motifs is 1. The molecular weight excluding hydrogens is 544 g/mol. The summed E-state index contributed by atoms with van der Waals surface area (Å²) in [6.45, 7) is 5.13. The van der Waals surface area contributed by atoms with Crippen LogP contribution in [0.5, 0.6) is 5.75 Å². The van der Waals surface area contributed by atoms with E-state index in [-0.39, 0.29) is 34.4 Å². The lowest BCUT2D eigenvalue weighted by atomic mass is 10.1. The van der Waals surface area contributed by atoms with Crippen molar-refractivity contribution in [2.45, 2.75) is 33.1 Å². The zero-order chi connectivity index (χ0) is 25.7. The standard InChI is InChI=1S/C23H22BrClN4O6/c1-4-13(3)22-27-18-7-6-15(24)10-16(18)23(31)28(22)26-11-14-8-17(25)21(19(9-14)29(32)33)35-12-20(30)34-5-2/h6-11,13H,4-5,12H2,1-3H3/t13-/m1/s1. The van der Waals surface area contributed by atoms with Crippen LogP contribution in [0, 0.1) is 10.1 Å². The van der Waals surface area contributed by atoms with Crippen molar-refractivity contribution < 1.29 is 19.2 Å². The van der Waals surface area contributed by atoms with Crippen molar-refractivity contribution >= 4 is 56.3 Å². The number of benzene rings is 2. The zero-order valence-corrected chi connectivity index (χ0v) is 21.5. The summed E-state index contributed by atoms with van der Waals surface area (Å²) in [7, 11) is 0.